The summed E-state index contributed by atoms with van der Waals surface area (Å²) in [4.78, 5) is 27.4. The van der Waals surface area contributed by atoms with E-state index in [1.165, 1.54) is 4.90 Å². The second-order valence-corrected chi connectivity index (χ2v) is 4.05. The number of hydrogen-bond donors (Lipinski definition) is 1. The van der Waals surface area contributed by atoms with Crippen LogP contribution < -0.4 is 0 Å². The molecule has 1 aromatic rings. The highest BCUT2D eigenvalue weighted by molar-refractivity contribution is 5.76. The first-order valence-electron chi connectivity index (χ1n) is 5.74. The van der Waals surface area contributed by atoms with E-state index in [1.54, 1.807) is 14.0 Å². The van der Waals surface area contributed by atoms with E-state index >= 15 is 0 Å². The summed E-state index contributed by atoms with van der Waals surface area (Å²) >= 11 is 0. The SMILES string of the molecule is Cc1noc(CCCC(=O)N(C)CCC(=O)O)n1. The number of nitrogens with zero attached hydrogens (tertiary/aromatic N) is 3. The number of aryl methyl sites for hydroxylation is 2. The van der Waals surface area contributed by atoms with Gasteiger partial charge in [0.1, 0.15) is 0 Å². The standard InChI is InChI=1S/C11H17N3O4/c1-8-12-9(18-13-8)4-3-5-10(15)14(2)7-6-11(16)17/h3-7H2,1-2H3,(H,16,17). The van der Waals surface area contributed by atoms with Gasteiger partial charge in [0.2, 0.25) is 11.8 Å². The van der Waals surface area contributed by atoms with E-state index in [9.17, 15) is 9.59 Å². The number of carbonyl (C=O) groups excluding carboxylic acids is 1. The molecule has 0 radical (unpaired) electrons. The van der Waals surface area contributed by atoms with Crippen molar-refractivity contribution in [1.29, 1.82) is 0 Å². The van der Waals surface area contributed by atoms with Gasteiger partial charge in [-0.05, 0) is 13.3 Å². The zero-order chi connectivity index (χ0) is 13.5. The normalized spacial score (nSPS) is 10.3. The summed E-state index contributed by atoms with van der Waals surface area (Å²) in [7, 11) is 1.60. The first kappa shape index (κ1) is 14.1. The molecule has 0 saturated heterocycles. The molecule has 0 aliphatic heterocycles. The molecule has 7 heteroatoms. The number of carbonyl (C=O) groups is 2. The largest absolute Gasteiger partial charge is 0.481 e. The van der Waals surface area contributed by atoms with E-state index in [0.717, 1.165) is 0 Å². The van der Waals surface area contributed by atoms with Crippen LogP contribution in [0.5, 0.6) is 0 Å². The lowest BCUT2D eigenvalue weighted by atomic mass is 10.2. The third-order valence-corrected chi connectivity index (χ3v) is 2.44. The van der Waals surface area contributed by atoms with Crippen LogP contribution in [0.25, 0.3) is 0 Å². The fourth-order valence-electron chi connectivity index (χ4n) is 1.41. The Balaban J connectivity index is 2.22. The second kappa shape index (κ2) is 6.73. The maximum atomic E-state index is 11.6. The van der Waals surface area contributed by atoms with Crippen molar-refractivity contribution in [2.45, 2.75) is 32.6 Å². The average Bonchev–Trinajstić information content (AvgIpc) is 2.71. The summed E-state index contributed by atoms with van der Waals surface area (Å²) in [6.07, 6.45) is 1.47. The predicted molar refractivity (Wildman–Crippen MR) is 61.9 cm³/mol. The first-order valence-corrected chi connectivity index (χ1v) is 5.74. The smallest absolute Gasteiger partial charge is 0.305 e. The molecule has 0 spiro atoms. The Bertz CT molecular complexity index is 416. The third kappa shape index (κ3) is 4.94. The lowest BCUT2D eigenvalue weighted by Gasteiger charge is -2.15. The molecule has 1 rings (SSSR count). The molecular weight excluding hydrogens is 238 g/mol. The Morgan fingerprint density at radius 1 is 1.39 bits per heavy atom. The summed E-state index contributed by atoms with van der Waals surface area (Å²) < 4.78 is 4.92. The van der Waals surface area contributed by atoms with Crippen LogP contribution in [0.1, 0.15) is 31.0 Å². The van der Waals surface area contributed by atoms with Gasteiger partial charge in [-0.2, -0.15) is 4.98 Å². The van der Waals surface area contributed by atoms with Gasteiger partial charge in [-0.3, -0.25) is 9.59 Å². The topological polar surface area (TPSA) is 96.5 Å². The Kier molecular flexibility index (Phi) is 5.29. The minimum absolute atomic E-state index is 0.0366. The van der Waals surface area contributed by atoms with Gasteiger partial charge in [-0.25, -0.2) is 0 Å². The quantitative estimate of drug-likeness (QED) is 0.767. The lowest BCUT2D eigenvalue weighted by molar-refractivity contribution is -0.138. The van der Waals surface area contributed by atoms with Gasteiger partial charge in [0, 0.05) is 26.4 Å². The summed E-state index contributed by atoms with van der Waals surface area (Å²) in [6.45, 7) is 1.96. The van der Waals surface area contributed by atoms with Crippen LogP contribution in [0.2, 0.25) is 0 Å². The summed E-state index contributed by atoms with van der Waals surface area (Å²) in [5.41, 5.74) is 0. The van der Waals surface area contributed by atoms with Gasteiger partial charge in [0.25, 0.3) is 0 Å². The Hall–Kier alpha value is -1.92. The summed E-state index contributed by atoms with van der Waals surface area (Å²) in [5, 5.41) is 12.2. The van der Waals surface area contributed by atoms with Crippen LogP contribution >= 0.6 is 0 Å². The number of aromatic nitrogens is 2. The number of amides is 1. The van der Waals surface area contributed by atoms with Crippen LogP contribution in [0.15, 0.2) is 4.52 Å². The highest BCUT2D eigenvalue weighted by Crippen LogP contribution is 2.04. The Morgan fingerprint density at radius 3 is 2.67 bits per heavy atom. The molecule has 0 fully saturated rings. The molecule has 1 heterocycles. The van der Waals surface area contributed by atoms with Crippen molar-refractivity contribution in [3.63, 3.8) is 0 Å². The van der Waals surface area contributed by atoms with Gasteiger partial charge in [-0.15, -0.1) is 0 Å². The fraction of sp³-hybridized carbons (Fsp3) is 0.636. The van der Waals surface area contributed by atoms with Gasteiger partial charge < -0.3 is 14.5 Å². The average molecular weight is 255 g/mol. The zero-order valence-electron chi connectivity index (χ0n) is 10.5. The molecule has 0 atom stereocenters. The molecule has 0 aliphatic rings. The number of aliphatic carboxylic acids is 1. The van der Waals surface area contributed by atoms with E-state index in [2.05, 4.69) is 10.1 Å². The van der Waals surface area contributed by atoms with Gasteiger partial charge in [-0.1, -0.05) is 5.16 Å². The Morgan fingerprint density at radius 2 is 2.11 bits per heavy atom. The molecule has 0 aromatic carbocycles. The van der Waals surface area contributed by atoms with Crippen molar-refractivity contribution in [3.8, 4) is 0 Å². The molecule has 0 aliphatic carbocycles. The van der Waals surface area contributed by atoms with Gasteiger partial charge >= 0.3 is 5.97 Å². The molecule has 1 amide bonds. The van der Waals surface area contributed by atoms with E-state index in [4.69, 9.17) is 9.63 Å². The maximum absolute atomic E-state index is 11.6. The Labute approximate surface area is 105 Å². The van der Waals surface area contributed by atoms with Gasteiger partial charge in [0.05, 0.1) is 6.42 Å². The highest BCUT2D eigenvalue weighted by atomic mass is 16.5. The molecule has 0 unspecified atom stereocenters. The summed E-state index contributed by atoms with van der Waals surface area (Å²) in [5.74, 6) is 0.117. The van der Waals surface area contributed by atoms with Crippen molar-refractivity contribution < 1.29 is 19.2 Å². The third-order valence-electron chi connectivity index (χ3n) is 2.44. The monoisotopic (exact) mass is 255 g/mol. The van der Waals surface area contributed by atoms with E-state index in [-0.39, 0.29) is 18.9 Å². The summed E-state index contributed by atoms with van der Waals surface area (Å²) in [6, 6.07) is 0. The van der Waals surface area contributed by atoms with Crippen LogP contribution in [0.3, 0.4) is 0 Å². The highest BCUT2D eigenvalue weighted by Gasteiger charge is 2.11. The molecule has 18 heavy (non-hydrogen) atoms. The minimum atomic E-state index is -0.906. The van der Waals surface area contributed by atoms with Crippen molar-refractivity contribution in [2.24, 2.45) is 0 Å². The maximum Gasteiger partial charge on any atom is 0.305 e. The van der Waals surface area contributed by atoms with Crippen LogP contribution in [0.4, 0.5) is 0 Å². The van der Waals surface area contributed by atoms with Crippen LogP contribution in [-0.2, 0) is 16.0 Å². The zero-order valence-corrected chi connectivity index (χ0v) is 10.5. The molecule has 100 valence electrons. The van der Waals surface area contributed by atoms with E-state index < -0.39 is 5.97 Å². The van der Waals surface area contributed by atoms with E-state index in [0.29, 0.717) is 31.0 Å². The van der Waals surface area contributed by atoms with Crippen LogP contribution in [0, 0.1) is 6.92 Å². The molecule has 1 aromatic heterocycles. The number of hydrogen-bond acceptors (Lipinski definition) is 5. The van der Waals surface area contributed by atoms with Crippen molar-refractivity contribution in [3.05, 3.63) is 11.7 Å². The molecule has 7 nitrogen and oxygen atoms in total. The molecular formula is C11H17N3O4. The molecule has 0 bridgehead atoms. The molecule has 1 N–H and O–H groups in total. The first-order chi connectivity index (χ1) is 8.49. The number of rotatable bonds is 7. The predicted octanol–water partition coefficient (Wildman–Crippen LogP) is 0.634. The van der Waals surface area contributed by atoms with Crippen molar-refractivity contribution >= 4 is 11.9 Å². The lowest BCUT2D eigenvalue weighted by Crippen LogP contribution is -2.28. The molecule has 0 saturated carbocycles. The minimum Gasteiger partial charge on any atom is -0.481 e. The fourth-order valence-corrected chi connectivity index (χ4v) is 1.41. The van der Waals surface area contributed by atoms with E-state index in [1.807, 2.05) is 0 Å². The van der Waals surface area contributed by atoms with Gasteiger partial charge in [0.15, 0.2) is 5.82 Å². The van der Waals surface area contributed by atoms with Crippen molar-refractivity contribution in [1.82, 2.24) is 15.0 Å². The number of carboxylic acids is 1. The number of carboxylic acid groups (broad SMARTS) is 1. The second-order valence-electron chi connectivity index (χ2n) is 4.05. The van der Waals surface area contributed by atoms with Crippen molar-refractivity contribution in [2.75, 3.05) is 13.6 Å². The van der Waals surface area contributed by atoms with Crippen LogP contribution in [-0.4, -0.2) is 45.6 Å².